The maximum absolute atomic E-state index is 10.6. The van der Waals surface area contributed by atoms with Gasteiger partial charge in [0.2, 0.25) is 0 Å². The number of alkyl halides is 3. The summed E-state index contributed by atoms with van der Waals surface area (Å²) in [6, 6.07) is 4.22. The molecule has 1 saturated carbocycles. The molecule has 1 atom stereocenters. The largest absolute Gasteiger partial charge is 0.490 e. The Morgan fingerprint density at radius 2 is 2.07 bits per heavy atom. The molecule has 2 aromatic heterocycles. The third kappa shape index (κ3) is 5.60. The normalized spacial score (nSPS) is 19.2. The fourth-order valence-electron chi connectivity index (χ4n) is 3.43. The van der Waals surface area contributed by atoms with Gasteiger partial charge in [-0.25, -0.2) is 9.48 Å². The number of rotatable bonds is 6. The van der Waals surface area contributed by atoms with Crippen LogP contribution in [0.2, 0.25) is 0 Å². The monoisotopic (exact) mass is 430 g/mol. The number of fused-ring (bicyclic) bond motifs is 1. The van der Waals surface area contributed by atoms with E-state index in [1.165, 1.54) is 18.5 Å². The third-order valence-electron chi connectivity index (χ3n) is 5.11. The Morgan fingerprint density at radius 3 is 2.60 bits per heavy atom. The van der Waals surface area contributed by atoms with Gasteiger partial charge in [-0.05, 0) is 37.8 Å². The number of hydrogen-bond acceptors (Lipinski definition) is 6. The number of aliphatic carboxylic acids is 1. The second-order valence-electron chi connectivity index (χ2n) is 7.55. The highest BCUT2D eigenvalue weighted by Gasteiger charge is 2.38. The average Bonchev–Trinajstić information content (AvgIpc) is 3.25. The minimum Gasteiger partial charge on any atom is -0.475 e. The molecule has 8 nitrogen and oxygen atoms in total. The van der Waals surface area contributed by atoms with Crippen molar-refractivity contribution in [3.63, 3.8) is 0 Å². The zero-order chi connectivity index (χ0) is 21.9. The number of halogens is 3. The van der Waals surface area contributed by atoms with Gasteiger partial charge < -0.3 is 14.3 Å². The fourth-order valence-corrected chi connectivity index (χ4v) is 3.43. The van der Waals surface area contributed by atoms with Crippen LogP contribution in [0, 0.1) is 12.8 Å². The SMILES string of the molecule is COCC1c2nnn(CC3CC3)c2CCN1Cc1ccc(C)o1.O=C(O)C(F)(F)F. The van der Waals surface area contributed by atoms with Crippen LogP contribution in [0.5, 0.6) is 0 Å². The minimum absolute atomic E-state index is 0.155. The van der Waals surface area contributed by atoms with E-state index in [1.807, 2.05) is 13.0 Å². The van der Waals surface area contributed by atoms with Crippen LogP contribution in [0.3, 0.4) is 0 Å². The van der Waals surface area contributed by atoms with Crippen LogP contribution >= 0.6 is 0 Å². The van der Waals surface area contributed by atoms with E-state index in [0.29, 0.717) is 6.61 Å². The van der Waals surface area contributed by atoms with Crippen molar-refractivity contribution < 1.29 is 32.2 Å². The standard InChI is InChI=1S/C17H24N4O2.C2HF3O2/c1-12-3-6-14(23-12)10-20-8-7-15-17(16(20)11-22-2)18-19-21(15)9-13-4-5-13;3-2(4,5)1(6)7/h3,6,13,16H,4-5,7-11H2,1-2H3;(H,6,7). The lowest BCUT2D eigenvalue weighted by Gasteiger charge is -2.33. The number of carbonyl (C=O) groups is 1. The predicted octanol–water partition coefficient (Wildman–Crippen LogP) is 2.97. The number of carboxylic acids is 1. The van der Waals surface area contributed by atoms with Gasteiger partial charge >= 0.3 is 12.1 Å². The van der Waals surface area contributed by atoms with Gasteiger partial charge in [-0.1, -0.05) is 5.21 Å². The summed E-state index contributed by atoms with van der Waals surface area (Å²) in [4.78, 5) is 11.3. The fraction of sp³-hybridized carbons (Fsp3) is 0.632. The second-order valence-corrected chi connectivity index (χ2v) is 7.55. The first kappa shape index (κ1) is 22.3. The van der Waals surface area contributed by atoms with Gasteiger partial charge in [0.15, 0.2) is 0 Å². The highest BCUT2D eigenvalue weighted by atomic mass is 19.4. The molecule has 11 heteroatoms. The van der Waals surface area contributed by atoms with Crippen molar-refractivity contribution in [2.24, 2.45) is 5.92 Å². The van der Waals surface area contributed by atoms with Crippen LogP contribution in [0.25, 0.3) is 0 Å². The van der Waals surface area contributed by atoms with Crippen LogP contribution in [-0.2, 0) is 29.0 Å². The Balaban J connectivity index is 0.000000318. The van der Waals surface area contributed by atoms with E-state index in [2.05, 4.69) is 26.0 Å². The molecule has 0 spiro atoms. The molecule has 1 aliphatic heterocycles. The van der Waals surface area contributed by atoms with Crippen molar-refractivity contribution in [2.45, 2.75) is 51.5 Å². The summed E-state index contributed by atoms with van der Waals surface area (Å²) in [5.74, 6) is 0.00657. The zero-order valence-electron chi connectivity index (χ0n) is 16.9. The van der Waals surface area contributed by atoms with Crippen molar-refractivity contribution in [3.8, 4) is 0 Å². The Hall–Kier alpha value is -2.40. The van der Waals surface area contributed by atoms with Crippen LogP contribution in [0.15, 0.2) is 16.5 Å². The van der Waals surface area contributed by atoms with E-state index in [0.717, 1.165) is 49.2 Å². The lowest BCUT2D eigenvalue weighted by Crippen LogP contribution is -2.38. The Labute approximate surface area is 171 Å². The number of furan rings is 1. The molecule has 2 aromatic rings. The molecule has 0 bridgehead atoms. The van der Waals surface area contributed by atoms with E-state index in [4.69, 9.17) is 19.1 Å². The maximum Gasteiger partial charge on any atom is 0.490 e. The summed E-state index contributed by atoms with van der Waals surface area (Å²) in [7, 11) is 1.75. The van der Waals surface area contributed by atoms with Gasteiger partial charge in [0.25, 0.3) is 0 Å². The highest BCUT2D eigenvalue weighted by Crippen LogP contribution is 2.34. The molecular formula is C19H25F3N4O4. The molecule has 30 heavy (non-hydrogen) atoms. The Kier molecular flexibility index (Phi) is 6.81. The minimum atomic E-state index is -5.08. The highest BCUT2D eigenvalue weighted by molar-refractivity contribution is 5.73. The summed E-state index contributed by atoms with van der Waals surface area (Å²) in [5, 5.41) is 16.0. The van der Waals surface area contributed by atoms with Gasteiger partial charge in [0.05, 0.1) is 24.9 Å². The number of methoxy groups -OCH3 is 1. The molecule has 1 unspecified atom stereocenters. The van der Waals surface area contributed by atoms with Gasteiger partial charge in [-0.3, -0.25) is 4.90 Å². The van der Waals surface area contributed by atoms with E-state index >= 15 is 0 Å². The van der Waals surface area contributed by atoms with E-state index in [1.54, 1.807) is 7.11 Å². The van der Waals surface area contributed by atoms with Crippen molar-refractivity contribution in [2.75, 3.05) is 20.3 Å². The van der Waals surface area contributed by atoms with Crippen LogP contribution < -0.4 is 0 Å². The molecule has 1 fully saturated rings. The first-order valence-electron chi connectivity index (χ1n) is 9.69. The summed E-state index contributed by atoms with van der Waals surface area (Å²) in [6.45, 7) is 5.41. The lowest BCUT2D eigenvalue weighted by molar-refractivity contribution is -0.192. The molecule has 0 radical (unpaired) electrons. The average molecular weight is 430 g/mol. The van der Waals surface area contributed by atoms with Crippen molar-refractivity contribution in [1.82, 2.24) is 19.9 Å². The van der Waals surface area contributed by atoms with Crippen molar-refractivity contribution in [3.05, 3.63) is 35.0 Å². The quantitative estimate of drug-likeness (QED) is 0.753. The summed E-state index contributed by atoms with van der Waals surface area (Å²) in [5.41, 5.74) is 2.38. The van der Waals surface area contributed by atoms with Crippen molar-refractivity contribution >= 4 is 5.97 Å². The molecule has 1 N–H and O–H groups in total. The number of hydrogen-bond donors (Lipinski definition) is 1. The van der Waals surface area contributed by atoms with Gasteiger partial charge in [-0.2, -0.15) is 13.2 Å². The molecule has 166 valence electrons. The smallest absolute Gasteiger partial charge is 0.475 e. The first-order valence-corrected chi connectivity index (χ1v) is 9.69. The third-order valence-corrected chi connectivity index (χ3v) is 5.11. The van der Waals surface area contributed by atoms with Gasteiger partial charge in [0, 0.05) is 26.6 Å². The Morgan fingerprint density at radius 1 is 1.37 bits per heavy atom. The predicted molar refractivity (Wildman–Crippen MR) is 98.6 cm³/mol. The van der Waals surface area contributed by atoms with Gasteiger partial charge in [-0.15, -0.1) is 5.10 Å². The molecule has 3 heterocycles. The topological polar surface area (TPSA) is 93.6 Å². The number of aryl methyl sites for hydroxylation is 1. The van der Waals surface area contributed by atoms with Crippen LogP contribution in [-0.4, -0.2) is 57.4 Å². The van der Waals surface area contributed by atoms with Crippen molar-refractivity contribution in [1.29, 1.82) is 0 Å². The van der Waals surface area contributed by atoms with E-state index < -0.39 is 12.1 Å². The van der Waals surface area contributed by atoms with E-state index in [9.17, 15) is 13.2 Å². The molecule has 0 aromatic carbocycles. The summed E-state index contributed by atoms with van der Waals surface area (Å²) < 4.78 is 45.1. The molecule has 4 rings (SSSR count). The molecule has 2 aliphatic rings. The number of aromatic nitrogens is 3. The molecule has 0 amide bonds. The maximum atomic E-state index is 10.6. The first-order chi connectivity index (χ1) is 14.2. The number of ether oxygens (including phenoxy) is 1. The summed E-state index contributed by atoms with van der Waals surface area (Å²) >= 11 is 0. The van der Waals surface area contributed by atoms with Gasteiger partial charge in [0.1, 0.15) is 17.2 Å². The number of carboxylic acid groups (broad SMARTS) is 1. The van der Waals surface area contributed by atoms with E-state index in [-0.39, 0.29) is 6.04 Å². The molecular weight excluding hydrogens is 405 g/mol. The van der Waals surface area contributed by atoms with Crippen LogP contribution in [0.4, 0.5) is 13.2 Å². The van der Waals surface area contributed by atoms with Crippen LogP contribution in [0.1, 0.15) is 41.8 Å². The zero-order valence-corrected chi connectivity index (χ0v) is 16.9. The molecule has 0 saturated heterocycles. The molecule has 1 aliphatic carbocycles. The lowest BCUT2D eigenvalue weighted by atomic mass is 10.0. The number of nitrogens with zero attached hydrogens (tertiary/aromatic N) is 4. The summed E-state index contributed by atoms with van der Waals surface area (Å²) in [6.07, 6.45) is -1.42. The Bertz CT molecular complexity index is 860. The second kappa shape index (κ2) is 9.17.